The Kier molecular flexibility index (Phi) is 2.71. The number of hydrogen-bond donors (Lipinski definition) is 1. The highest BCUT2D eigenvalue weighted by molar-refractivity contribution is 5.31. The minimum atomic E-state index is -0.924. The minimum absolute atomic E-state index is 0.258. The number of rotatable bonds is 2. The van der Waals surface area contributed by atoms with Gasteiger partial charge in [-0.25, -0.2) is 4.39 Å². The van der Waals surface area contributed by atoms with Gasteiger partial charge in [0.1, 0.15) is 5.82 Å². The van der Waals surface area contributed by atoms with Crippen LogP contribution >= 0.6 is 0 Å². The van der Waals surface area contributed by atoms with Gasteiger partial charge < -0.3 is 5.11 Å². The monoisotopic (exact) mass is 182 g/mol. The van der Waals surface area contributed by atoms with E-state index in [0.717, 1.165) is 0 Å². The Morgan fingerprint density at radius 1 is 1.46 bits per heavy atom. The molecule has 2 heteroatoms. The van der Waals surface area contributed by atoms with Crippen molar-refractivity contribution in [2.24, 2.45) is 0 Å². The van der Waals surface area contributed by atoms with Crippen molar-refractivity contribution in [2.45, 2.75) is 32.8 Å². The van der Waals surface area contributed by atoms with E-state index in [0.29, 0.717) is 17.5 Å². The molecule has 0 aliphatic rings. The van der Waals surface area contributed by atoms with E-state index >= 15 is 0 Å². The lowest BCUT2D eigenvalue weighted by Crippen LogP contribution is -2.21. The third kappa shape index (κ3) is 1.89. The maximum absolute atomic E-state index is 13.1. The average Bonchev–Trinajstić information content (AvgIpc) is 2.09. The maximum atomic E-state index is 13.1. The van der Waals surface area contributed by atoms with Crippen LogP contribution in [0.1, 0.15) is 31.4 Å². The van der Waals surface area contributed by atoms with E-state index < -0.39 is 5.60 Å². The minimum Gasteiger partial charge on any atom is -0.385 e. The Morgan fingerprint density at radius 2 is 2.08 bits per heavy atom. The van der Waals surface area contributed by atoms with Crippen molar-refractivity contribution < 1.29 is 9.50 Å². The first-order chi connectivity index (χ1) is 5.99. The summed E-state index contributed by atoms with van der Waals surface area (Å²) in [5.74, 6) is -0.258. The van der Waals surface area contributed by atoms with Gasteiger partial charge >= 0.3 is 0 Å². The first-order valence-electron chi connectivity index (χ1n) is 4.47. The van der Waals surface area contributed by atoms with E-state index in [4.69, 9.17) is 0 Å². The van der Waals surface area contributed by atoms with Gasteiger partial charge in [-0.1, -0.05) is 19.1 Å². The van der Waals surface area contributed by atoms with Crippen LogP contribution in [0.15, 0.2) is 18.2 Å². The second-order valence-corrected chi connectivity index (χ2v) is 3.54. The molecule has 72 valence electrons. The van der Waals surface area contributed by atoms with Crippen LogP contribution in [0.3, 0.4) is 0 Å². The molecule has 1 aromatic rings. The van der Waals surface area contributed by atoms with Gasteiger partial charge in [0.05, 0.1) is 5.60 Å². The summed E-state index contributed by atoms with van der Waals surface area (Å²) in [6, 6.07) is 4.80. The maximum Gasteiger partial charge on any atom is 0.126 e. The topological polar surface area (TPSA) is 20.2 Å². The van der Waals surface area contributed by atoms with Gasteiger partial charge in [0.25, 0.3) is 0 Å². The highest BCUT2D eigenvalue weighted by Crippen LogP contribution is 2.27. The molecule has 0 bridgehead atoms. The summed E-state index contributed by atoms with van der Waals surface area (Å²) in [6.07, 6.45) is 0.581. The van der Waals surface area contributed by atoms with Gasteiger partial charge in [0.15, 0.2) is 0 Å². The fourth-order valence-electron chi connectivity index (χ4n) is 1.38. The lowest BCUT2D eigenvalue weighted by Gasteiger charge is -2.23. The molecule has 1 N–H and O–H groups in total. The lowest BCUT2D eigenvalue weighted by atomic mass is 9.90. The predicted molar refractivity (Wildman–Crippen MR) is 51.0 cm³/mol. The van der Waals surface area contributed by atoms with Crippen LogP contribution < -0.4 is 0 Å². The zero-order valence-corrected chi connectivity index (χ0v) is 8.26. The Balaban J connectivity index is 3.22. The number of aliphatic hydroxyl groups is 1. The normalized spacial score (nSPS) is 15.5. The summed E-state index contributed by atoms with van der Waals surface area (Å²) in [6.45, 7) is 5.27. The molecule has 0 aliphatic carbocycles. The Morgan fingerprint density at radius 3 is 2.62 bits per heavy atom. The van der Waals surface area contributed by atoms with Crippen LogP contribution in [0.25, 0.3) is 0 Å². The second kappa shape index (κ2) is 3.46. The van der Waals surface area contributed by atoms with Crippen molar-refractivity contribution in [2.75, 3.05) is 0 Å². The molecule has 0 spiro atoms. The first kappa shape index (κ1) is 10.2. The van der Waals surface area contributed by atoms with Crippen molar-refractivity contribution >= 4 is 0 Å². The molecule has 0 amide bonds. The summed E-state index contributed by atoms with van der Waals surface area (Å²) in [7, 11) is 0. The van der Waals surface area contributed by atoms with Gasteiger partial charge in [-0.2, -0.15) is 0 Å². The quantitative estimate of drug-likeness (QED) is 0.745. The van der Waals surface area contributed by atoms with Gasteiger partial charge in [-0.15, -0.1) is 0 Å². The highest BCUT2D eigenvalue weighted by Gasteiger charge is 2.23. The van der Waals surface area contributed by atoms with Crippen LogP contribution in [-0.2, 0) is 5.60 Å². The van der Waals surface area contributed by atoms with E-state index in [2.05, 4.69) is 0 Å². The fourth-order valence-corrected chi connectivity index (χ4v) is 1.38. The van der Waals surface area contributed by atoms with E-state index in [-0.39, 0.29) is 5.82 Å². The summed E-state index contributed by atoms with van der Waals surface area (Å²) >= 11 is 0. The number of halogens is 1. The molecular weight excluding hydrogens is 167 g/mol. The number of hydrogen-bond acceptors (Lipinski definition) is 1. The SMILES string of the molecule is CC[C@@](C)(O)c1cccc(F)c1C. The van der Waals surface area contributed by atoms with E-state index in [1.807, 2.05) is 6.92 Å². The second-order valence-electron chi connectivity index (χ2n) is 3.54. The molecular formula is C11H15FO. The molecule has 1 nitrogen and oxygen atoms in total. The molecule has 0 heterocycles. The molecule has 13 heavy (non-hydrogen) atoms. The van der Waals surface area contributed by atoms with Crippen LogP contribution in [0.4, 0.5) is 4.39 Å². The van der Waals surface area contributed by atoms with Gasteiger partial charge in [-0.3, -0.25) is 0 Å². The lowest BCUT2D eigenvalue weighted by molar-refractivity contribution is 0.0520. The summed E-state index contributed by atoms with van der Waals surface area (Å²) in [5.41, 5.74) is 0.288. The van der Waals surface area contributed by atoms with Crippen LogP contribution in [0, 0.1) is 12.7 Å². The van der Waals surface area contributed by atoms with Crippen LogP contribution in [0.5, 0.6) is 0 Å². The van der Waals surface area contributed by atoms with Gasteiger partial charge in [0.2, 0.25) is 0 Å². The van der Waals surface area contributed by atoms with Crippen molar-refractivity contribution in [3.05, 3.63) is 35.1 Å². The zero-order chi connectivity index (χ0) is 10.1. The fraction of sp³-hybridized carbons (Fsp3) is 0.455. The predicted octanol–water partition coefficient (Wildman–Crippen LogP) is 2.75. The summed E-state index contributed by atoms with van der Waals surface area (Å²) in [5, 5.41) is 9.93. The molecule has 1 rings (SSSR count). The molecule has 0 fully saturated rings. The Labute approximate surface area is 78.2 Å². The summed E-state index contributed by atoms with van der Waals surface area (Å²) < 4.78 is 13.1. The molecule has 0 saturated carbocycles. The average molecular weight is 182 g/mol. The summed E-state index contributed by atoms with van der Waals surface area (Å²) in [4.78, 5) is 0. The third-order valence-electron chi connectivity index (χ3n) is 2.54. The zero-order valence-electron chi connectivity index (χ0n) is 8.26. The molecule has 0 unspecified atom stereocenters. The smallest absolute Gasteiger partial charge is 0.126 e. The largest absolute Gasteiger partial charge is 0.385 e. The van der Waals surface area contributed by atoms with Crippen LogP contribution in [0.2, 0.25) is 0 Å². The van der Waals surface area contributed by atoms with E-state index in [1.165, 1.54) is 6.07 Å². The highest BCUT2D eigenvalue weighted by atomic mass is 19.1. The van der Waals surface area contributed by atoms with Crippen molar-refractivity contribution in [1.29, 1.82) is 0 Å². The van der Waals surface area contributed by atoms with Gasteiger partial charge in [-0.05, 0) is 37.5 Å². The molecule has 0 saturated heterocycles. The van der Waals surface area contributed by atoms with Crippen LogP contribution in [-0.4, -0.2) is 5.11 Å². The third-order valence-corrected chi connectivity index (χ3v) is 2.54. The van der Waals surface area contributed by atoms with E-state index in [9.17, 15) is 9.50 Å². The molecule has 0 aliphatic heterocycles. The molecule has 0 aromatic heterocycles. The Bertz CT molecular complexity index is 305. The van der Waals surface area contributed by atoms with Crippen molar-refractivity contribution in [1.82, 2.24) is 0 Å². The van der Waals surface area contributed by atoms with E-state index in [1.54, 1.807) is 26.0 Å². The molecule has 0 radical (unpaired) electrons. The van der Waals surface area contributed by atoms with Crippen molar-refractivity contribution in [3.8, 4) is 0 Å². The van der Waals surface area contributed by atoms with Gasteiger partial charge in [0, 0.05) is 0 Å². The molecule has 1 atom stereocenters. The Hall–Kier alpha value is -0.890. The standard InChI is InChI=1S/C11H15FO/c1-4-11(3,13)9-6-5-7-10(12)8(9)2/h5-7,13H,4H2,1-3H3/t11-/m1/s1. The first-order valence-corrected chi connectivity index (χ1v) is 4.47. The number of benzene rings is 1. The van der Waals surface area contributed by atoms with Crippen molar-refractivity contribution in [3.63, 3.8) is 0 Å². The molecule has 1 aromatic carbocycles.